The smallest absolute Gasteiger partial charge is 0.269 e. The summed E-state index contributed by atoms with van der Waals surface area (Å²) in [6.07, 6.45) is 3.47. The molecule has 7 nitrogen and oxygen atoms in total. The summed E-state index contributed by atoms with van der Waals surface area (Å²) in [5, 5.41) is 18.2. The maximum absolute atomic E-state index is 10.6. The number of nitrogens with one attached hydrogen (secondary N) is 1. The first kappa shape index (κ1) is 13.0. The predicted molar refractivity (Wildman–Crippen MR) is 78.1 cm³/mol. The zero-order valence-corrected chi connectivity index (χ0v) is 11.4. The van der Waals surface area contributed by atoms with Gasteiger partial charge in [0.15, 0.2) is 5.82 Å². The molecule has 7 heteroatoms. The van der Waals surface area contributed by atoms with E-state index in [1.54, 1.807) is 29.0 Å². The van der Waals surface area contributed by atoms with Crippen LogP contribution in [0.25, 0.3) is 5.52 Å². The Bertz CT molecular complexity index is 795. The van der Waals surface area contributed by atoms with Crippen LogP contribution in [0.15, 0.2) is 42.7 Å². The number of hydrogen-bond acceptors (Lipinski definition) is 5. The third kappa shape index (κ3) is 2.66. The van der Waals surface area contributed by atoms with Gasteiger partial charge in [-0.2, -0.15) is 5.10 Å². The highest BCUT2D eigenvalue weighted by molar-refractivity contribution is 5.67. The molecule has 0 atom stereocenters. The summed E-state index contributed by atoms with van der Waals surface area (Å²) in [6.45, 7) is 2.46. The molecular formula is C14H13N5O2. The minimum atomic E-state index is -0.408. The number of aromatic nitrogens is 3. The van der Waals surface area contributed by atoms with Crippen molar-refractivity contribution in [3.63, 3.8) is 0 Å². The second-order valence-electron chi connectivity index (χ2n) is 4.67. The standard InChI is InChI=1S/C14H13N5O2/c1-10-8-13-14(15-6-7-18(13)17-10)16-9-11-2-4-12(5-3-11)19(20)21/h2-8H,9H2,1H3,(H,15,16). The molecule has 3 rings (SSSR count). The van der Waals surface area contributed by atoms with Gasteiger partial charge in [-0.25, -0.2) is 9.50 Å². The Morgan fingerprint density at radius 3 is 2.81 bits per heavy atom. The van der Waals surface area contributed by atoms with E-state index in [-0.39, 0.29) is 5.69 Å². The Morgan fingerprint density at radius 2 is 2.10 bits per heavy atom. The van der Waals surface area contributed by atoms with Gasteiger partial charge in [-0.3, -0.25) is 10.1 Å². The summed E-state index contributed by atoms with van der Waals surface area (Å²) in [5.74, 6) is 0.733. The fraction of sp³-hybridized carbons (Fsp3) is 0.143. The molecular weight excluding hydrogens is 270 g/mol. The van der Waals surface area contributed by atoms with Crippen LogP contribution in [0.1, 0.15) is 11.3 Å². The van der Waals surface area contributed by atoms with Crippen molar-refractivity contribution in [2.24, 2.45) is 0 Å². The fourth-order valence-corrected chi connectivity index (χ4v) is 2.10. The average Bonchev–Trinajstić information content (AvgIpc) is 2.86. The second kappa shape index (κ2) is 5.20. The molecule has 0 saturated heterocycles. The number of nitro groups is 1. The number of rotatable bonds is 4. The van der Waals surface area contributed by atoms with Crippen LogP contribution < -0.4 is 5.32 Å². The third-order valence-electron chi connectivity index (χ3n) is 3.12. The number of non-ortho nitro benzene ring substituents is 1. The molecule has 21 heavy (non-hydrogen) atoms. The molecule has 0 aliphatic carbocycles. The lowest BCUT2D eigenvalue weighted by Crippen LogP contribution is -2.03. The monoisotopic (exact) mass is 283 g/mol. The first-order valence-electron chi connectivity index (χ1n) is 6.42. The van der Waals surface area contributed by atoms with Gasteiger partial charge in [-0.15, -0.1) is 0 Å². The van der Waals surface area contributed by atoms with Crippen LogP contribution in [-0.2, 0) is 6.54 Å². The Labute approximate surface area is 120 Å². The van der Waals surface area contributed by atoms with Crippen molar-refractivity contribution in [3.8, 4) is 0 Å². The van der Waals surface area contributed by atoms with Crippen LogP contribution >= 0.6 is 0 Å². The van der Waals surface area contributed by atoms with Crippen LogP contribution in [0.3, 0.4) is 0 Å². The lowest BCUT2D eigenvalue weighted by Gasteiger charge is -2.06. The molecule has 0 radical (unpaired) electrons. The maximum atomic E-state index is 10.6. The van der Waals surface area contributed by atoms with Gasteiger partial charge in [0.2, 0.25) is 0 Å². The number of benzene rings is 1. The largest absolute Gasteiger partial charge is 0.364 e. The molecule has 0 aliphatic heterocycles. The molecule has 0 saturated carbocycles. The van der Waals surface area contributed by atoms with Gasteiger partial charge in [0, 0.05) is 31.1 Å². The van der Waals surface area contributed by atoms with Crippen molar-refractivity contribution in [1.29, 1.82) is 0 Å². The van der Waals surface area contributed by atoms with Gasteiger partial charge in [0.05, 0.1) is 10.6 Å². The molecule has 0 spiro atoms. The highest BCUT2D eigenvalue weighted by atomic mass is 16.6. The van der Waals surface area contributed by atoms with Crippen molar-refractivity contribution >= 4 is 17.0 Å². The minimum absolute atomic E-state index is 0.0883. The van der Waals surface area contributed by atoms with Crippen molar-refractivity contribution in [2.45, 2.75) is 13.5 Å². The number of nitro benzene ring substituents is 1. The normalized spacial score (nSPS) is 10.7. The zero-order chi connectivity index (χ0) is 14.8. The second-order valence-corrected chi connectivity index (χ2v) is 4.67. The molecule has 3 aromatic rings. The summed E-state index contributed by atoms with van der Waals surface area (Å²) in [5.41, 5.74) is 2.85. The Morgan fingerprint density at radius 1 is 1.33 bits per heavy atom. The van der Waals surface area contributed by atoms with E-state index in [2.05, 4.69) is 15.4 Å². The van der Waals surface area contributed by atoms with Crippen LogP contribution in [0.2, 0.25) is 0 Å². The van der Waals surface area contributed by atoms with Crippen LogP contribution in [0.4, 0.5) is 11.5 Å². The van der Waals surface area contributed by atoms with E-state index in [9.17, 15) is 10.1 Å². The zero-order valence-electron chi connectivity index (χ0n) is 11.4. The van der Waals surface area contributed by atoms with Gasteiger partial charge in [0.1, 0.15) is 5.52 Å². The van der Waals surface area contributed by atoms with Crippen molar-refractivity contribution in [3.05, 3.63) is 64.1 Å². The molecule has 106 valence electrons. The highest BCUT2D eigenvalue weighted by Gasteiger charge is 2.06. The lowest BCUT2D eigenvalue weighted by molar-refractivity contribution is -0.384. The molecule has 2 heterocycles. The molecule has 0 fully saturated rings. The first-order valence-corrected chi connectivity index (χ1v) is 6.42. The van der Waals surface area contributed by atoms with Gasteiger partial charge in [-0.1, -0.05) is 12.1 Å². The molecule has 2 aromatic heterocycles. The molecule has 1 aromatic carbocycles. The SMILES string of the molecule is Cc1cc2c(NCc3ccc([N+](=O)[O-])cc3)nccn2n1. The summed E-state index contributed by atoms with van der Waals surface area (Å²) < 4.78 is 1.76. The Kier molecular flexibility index (Phi) is 3.23. The predicted octanol–water partition coefficient (Wildman–Crippen LogP) is 2.56. The van der Waals surface area contributed by atoms with Gasteiger partial charge in [0.25, 0.3) is 5.69 Å². The minimum Gasteiger partial charge on any atom is -0.364 e. The third-order valence-corrected chi connectivity index (χ3v) is 3.12. The topological polar surface area (TPSA) is 85.4 Å². The first-order chi connectivity index (χ1) is 10.1. The van der Waals surface area contributed by atoms with E-state index < -0.39 is 4.92 Å². The Balaban J connectivity index is 1.78. The Hall–Kier alpha value is -2.96. The molecule has 1 N–H and O–H groups in total. The molecule has 0 bridgehead atoms. The molecule has 0 unspecified atom stereocenters. The average molecular weight is 283 g/mol. The lowest BCUT2D eigenvalue weighted by atomic mass is 10.2. The summed E-state index contributed by atoms with van der Waals surface area (Å²) in [4.78, 5) is 14.5. The van der Waals surface area contributed by atoms with Crippen molar-refractivity contribution < 1.29 is 4.92 Å². The summed E-state index contributed by atoms with van der Waals surface area (Å²) >= 11 is 0. The number of fused-ring (bicyclic) bond motifs is 1. The van der Waals surface area contributed by atoms with Crippen LogP contribution in [0.5, 0.6) is 0 Å². The quantitative estimate of drug-likeness (QED) is 0.587. The highest BCUT2D eigenvalue weighted by Crippen LogP contribution is 2.17. The number of nitrogens with zero attached hydrogens (tertiary/aromatic N) is 4. The van der Waals surface area contributed by atoms with Crippen molar-refractivity contribution in [2.75, 3.05) is 5.32 Å². The number of anilines is 1. The van der Waals surface area contributed by atoms with E-state index in [0.717, 1.165) is 22.6 Å². The summed E-state index contributed by atoms with van der Waals surface area (Å²) in [6, 6.07) is 8.40. The van der Waals surface area contributed by atoms with E-state index in [1.807, 2.05) is 13.0 Å². The van der Waals surface area contributed by atoms with E-state index in [1.165, 1.54) is 12.1 Å². The molecule has 0 aliphatic rings. The molecule has 0 amide bonds. The van der Waals surface area contributed by atoms with Crippen LogP contribution in [0, 0.1) is 17.0 Å². The van der Waals surface area contributed by atoms with E-state index in [4.69, 9.17) is 0 Å². The van der Waals surface area contributed by atoms with E-state index >= 15 is 0 Å². The van der Waals surface area contributed by atoms with Gasteiger partial charge < -0.3 is 5.32 Å². The van der Waals surface area contributed by atoms with Gasteiger partial charge >= 0.3 is 0 Å². The number of aryl methyl sites for hydroxylation is 1. The summed E-state index contributed by atoms with van der Waals surface area (Å²) in [7, 11) is 0. The van der Waals surface area contributed by atoms with Gasteiger partial charge in [-0.05, 0) is 18.6 Å². The number of hydrogen-bond donors (Lipinski definition) is 1. The van der Waals surface area contributed by atoms with E-state index in [0.29, 0.717) is 6.54 Å². The van der Waals surface area contributed by atoms with Crippen molar-refractivity contribution in [1.82, 2.24) is 14.6 Å². The van der Waals surface area contributed by atoms with Crippen LogP contribution in [-0.4, -0.2) is 19.5 Å². The maximum Gasteiger partial charge on any atom is 0.269 e. The fourth-order valence-electron chi connectivity index (χ4n) is 2.10.